The summed E-state index contributed by atoms with van der Waals surface area (Å²) >= 11 is 0. The van der Waals surface area contributed by atoms with Gasteiger partial charge in [0.2, 0.25) is 0 Å². The number of hydrogen-bond acceptors (Lipinski definition) is 1. The van der Waals surface area contributed by atoms with Crippen LogP contribution in [0.2, 0.25) is 0 Å². The molecule has 1 aliphatic rings. The van der Waals surface area contributed by atoms with Crippen molar-refractivity contribution in [2.24, 2.45) is 0 Å². The highest BCUT2D eigenvalue weighted by Gasteiger charge is 2.22. The van der Waals surface area contributed by atoms with E-state index in [4.69, 9.17) is 4.74 Å². The van der Waals surface area contributed by atoms with Crippen LogP contribution in [-0.2, 0) is 6.54 Å². The van der Waals surface area contributed by atoms with Gasteiger partial charge >= 0.3 is 0 Å². The minimum atomic E-state index is 0.506. The van der Waals surface area contributed by atoms with Crippen LogP contribution in [0.15, 0.2) is 48.5 Å². The Hall–Kier alpha value is -1.84. The van der Waals surface area contributed by atoms with E-state index < -0.39 is 0 Å². The summed E-state index contributed by atoms with van der Waals surface area (Å²) in [6.45, 7) is 14.9. The Morgan fingerprint density at radius 1 is 0.926 bits per heavy atom. The molecule has 0 aromatic heterocycles. The van der Waals surface area contributed by atoms with Gasteiger partial charge in [0.15, 0.2) is 0 Å². The first-order valence-electron chi connectivity index (χ1n) is 10.6. The quantitative estimate of drug-likeness (QED) is 0.681. The predicted molar refractivity (Wildman–Crippen MR) is 112 cm³/mol. The van der Waals surface area contributed by atoms with Crippen LogP contribution in [-0.4, -0.2) is 39.3 Å². The summed E-state index contributed by atoms with van der Waals surface area (Å²) in [7, 11) is 0. The molecule has 1 fully saturated rings. The maximum Gasteiger partial charge on any atom is 0.127 e. The molecule has 3 nitrogen and oxygen atoms in total. The molecular formula is C24H36N2O+2. The van der Waals surface area contributed by atoms with Gasteiger partial charge in [-0.3, -0.25) is 0 Å². The second kappa shape index (κ2) is 9.91. The van der Waals surface area contributed by atoms with Gasteiger partial charge in [0.05, 0.1) is 13.2 Å². The topological polar surface area (TPSA) is 18.1 Å². The highest BCUT2D eigenvalue weighted by Crippen LogP contribution is 2.27. The third kappa shape index (κ3) is 6.08. The molecule has 2 aromatic rings. The molecule has 0 saturated carbocycles. The van der Waals surface area contributed by atoms with Gasteiger partial charge in [-0.2, -0.15) is 0 Å². The molecular weight excluding hydrogens is 332 g/mol. The van der Waals surface area contributed by atoms with Crippen molar-refractivity contribution in [3.05, 3.63) is 65.2 Å². The Labute approximate surface area is 164 Å². The SMILES string of the molecule is Cc1ccc(C(C)C)c(OCCC[NH+]2CC[NH+](Cc3ccccc3)CC2)c1. The van der Waals surface area contributed by atoms with E-state index in [2.05, 4.69) is 69.3 Å². The lowest BCUT2D eigenvalue weighted by Gasteiger charge is -2.29. The van der Waals surface area contributed by atoms with Crippen LogP contribution in [0.5, 0.6) is 5.75 Å². The fraction of sp³-hybridized carbons (Fsp3) is 0.500. The number of nitrogens with one attached hydrogen (secondary N) is 2. The molecule has 0 atom stereocenters. The van der Waals surface area contributed by atoms with Gasteiger partial charge < -0.3 is 14.5 Å². The van der Waals surface area contributed by atoms with Crippen LogP contribution < -0.4 is 14.5 Å². The van der Waals surface area contributed by atoms with Gasteiger partial charge in [-0.1, -0.05) is 56.3 Å². The van der Waals surface area contributed by atoms with Gasteiger partial charge in [0, 0.05) is 12.0 Å². The van der Waals surface area contributed by atoms with E-state index in [0.717, 1.165) is 18.8 Å². The van der Waals surface area contributed by atoms with Crippen LogP contribution in [0.4, 0.5) is 0 Å². The van der Waals surface area contributed by atoms with Crippen LogP contribution in [0, 0.1) is 6.92 Å². The molecule has 1 heterocycles. The van der Waals surface area contributed by atoms with Crippen LogP contribution in [0.25, 0.3) is 0 Å². The molecule has 0 bridgehead atoms. The van der Waals surface area contributed by atoms with E-state index in [1.54, 1.807) is 9.80 Å². The molecule has 1 saturated heterocycles. The van der Waals surface area contributed by atoms with Crippen molar-refractivity contribution in [1.82, 2.24) is 0 Å². The third-order valence-electron chi connectivity index (χ3n) is 5.68. The first-order valence-corrected chi connectivity index (χ1v) is 10.6. The number of ether oxygens (including phenoxy) is 1. The molecule has 3 rings (SSSR count). The smallest absolute Gasteiger partial charge is 0.127 e. The predicted octanol–water partition coefficient (Wildman–Crippen LogP) is 1.87. The van der Waals surface area contributed by atoms with Crippen molar-refractivity contribution in [3.8, 4) is 5.75 Å². The van der Waals surface area contributed by atoms with Crippen molar-refractivity contribution in [2.45, 2.75) is 39.7 Å². The second-order valence-electron chi connectivity index (χ2n) is 8.31. The molecule has 2 aromatic carbocycles. The van der Waals surface area contributed by atoms with Crippen molar-refractivity contribution in [2.75, 3.05) is 39.3 Å². The maximum atomic E-state index is 6.15. The van der Waals surface area contributed by atoms with E-state index in [0.29, 0.717) is 5.92 Å². The first kappa shape index (κ1) is 19.9. The van der Waals surface area contributed by atoms with Crippen LogP contribution in [0.3, 0.4) is 0 Å². The summed E-state index contributed by atoms with van der Waals surface area (Å²) < 4.78 is 6.15. The van der Waals surface area contributed by atoms with Crippen LogP contribution >= 0.6 is 0 Å². The molecule has 0 radical (unpaired) electrons. The van der Waals surface area contributed by atoms with Crippen molar-refractivity contribution in [1.29, 1.82) is 0 Å². The van der Waals surface area contributed by atoms with Crippen LogP contribution in [0.1, 0.15) is 42.9 Å². The van der Waals surface area contributed by atoms with Gasteiger partial charge in [0.1, 0.15) is 38.5 Å². The lowest BCUT2D eigenvalue weighted by molar-refractivity contribution is -1.02. The molecule has 3 heteroatoms. The van der Waals surface area contributed by atoms with Crippen molar-refractivity contribution >= 4 is 0 Å². The summed E-state index contributed by atoms with van der Waals surface area (Å²) in [5, 5.41) is 0. The number of aryl methyl sites for hydroxylation is 1. The molecule has 0 unspecified atom stereocenters. The minimum Gasteiger partial charge on any atom is -0.493 e. The lowest BCUT2D eigenvalue weighted by atomic mass is 10.0. The number of quaternary nitrogens is 2. The molecule has 0 spiro atoms. The zero-order valence-corrected chi connectivity index (χ0v) is 17.3. The first-order chi connectivity index (χ1) is 13.1. The number of benzene rings is 2. The molecule has 146 valence electrons. The van der Waals surface area contributed by atoms with Crippen molar-refractivity contribution in [3.63, 3.8) is 0 Å². The maximum absolute atomic E-state index is 6.15. The van der Waals surface area contributed by atoms with Gasteiger partial charge in [-0.25, -0.2) is 0 Å². The fourth-order valence-corrected chi connectivity index (χ4v) is 4.02. The molecule has 0 aliphatic carbocycles. The number of hydrogen-bond donors (Lipinski definition) is 2. The minimum absolute atomic E-state index is 0.506. The largest absolute Gasteiger partial charge is 0.493 e. The van der Waals surface area contributed by atoms with E-state index in [1.807, 2.05) is 0 Å². The zero-order chi connectivity index (χ0) is 19.1. The summed E-state index contributed by atoms with van der Waals surface area (Å²) in [5.74, 6) is 1.59. The van der Waals surface area contributed by atoms with E-state index in [9.17, 15) is 0 Å². The molecule has 2 N–H and O–H groups in total. The van der Waals surface area contributed by atoms with E-state index in [1.165, 1.54) is 56.0 Å². The molecule has 0 amide bonds. The standard InChI is InChI=1S/C24H34N2O/c1-20(2)23-11-10-21(3)18-24(23)27-17-7-12-25-13-15-26(16-14-25)19-22-8-5-4-6-9-22/h4-6,8-11,18,20H,7,12-17,19H2,1-3H3/p+2. The highest BCUT2D eigenvalue weighted by molar-refractivity contribution is 5.39. The summed E-state index contributed by atoms with van der Waals surface area (Å²) in [6, 6.07) is 17.5. The van der Waals surface area contributed by atoms with Gasteiger partial charge in [0.25, 0.3) is 0 Å². The Morgan fingerprint density at radius 3 is 2.33 bits per heavy atom. The van der Waals surface area contributed by atoms with E-state index in [-0.39, 0.29) is 0 Å². The zero-order valence-electron chi connectivity index (χ0n) is 17.3. The number of rotatable bonds is 8. The average Bonchev–Trinajstić information content (AvgIpc) is 2.67. The van der Waals surface area contributed by atoms with E-state index >= 15 is 0 Å². The highest BCUT2D eigenvalue weighted by atomic mass is 16.5. The normalized spacial score (nSPS) is 20.0. The second-order valence-corrected chi connectivity index (χ2v) is 8.31. The Kier molecular flexibility index (Phi) is 7.31. The summed E-state index contributed by atoms with van der Waals surface area (Å²) in [4.78, 5) is 3.46. The summed E-state index contributed by atoms with van der Waals surface area (Å²) in [6.07, 6.45) is 1.13. The Bertz CT molecular complexity index is 691. The monoisotopic (exact) mass is 368 g/mol. The van der Waals surface area contributed by atoms with Gasteiger partial charge in [-0.15, -0.1) is 0 Å². The third-order valence-corrected chi connectivity index (χ3v) is 5.68. The van der Waals surface area contributed by atoms with Gasteiger partial charge in [-0.05, 0) is 30.0 Å². The lowest BCUT2D eigenvalue weighted by Crippen LogP contribution is -3.27. The molecule has 1 aliphatic heterocycles. The Balaban J connectivity index is 1.37. The summed E-state index contributed by atoms with van der Waals surface area (Å²) in [5.41, 5.74) is 4.06. The number of piperazine rings is 1. The Morgan fingerprint density at radius 2 is 1.63 bits per heavy atom. The average molecular weight is 369 g/mol. The fourth-order valence-electron chi connectivity index (χ4n) is 4.02. The molecule has 27 heavy (non-hydrogen) atoms. The van der Waals surface area contributed by atoms with Crippen molar-refractivity contribution < 1.29 is 14.5 Å².